The Morgan fingerprint density at radius 1 is 1.17 bits per heavy atom. The van der Waals surface area contributed by atoms with Crippen LogP contribution >= 0.6 is 0 Å². The van der Waals surface area contributed by atoms with E-state index in [-0.39, 0.29) is 23.6 Å². The highest BCUT2D eigenvalue weighted by molar-refractivity contribution is 5.86. The molecule has 2 aliphatic heterocycles. The number of rotatable bonds is 5. The fourth-order valence-corrected chi connectivity index (χ4v) is 5.24. The summed E-state index contributed by atoms with van der Waals surface area (Å²) < 4.78 is 19.4. The van der Waals surface area contributed by atoms with Crippen molar-refractivity contribution in [2.75, 3.05) is 19.7 Å². The van der Waals surface area contributed by atoms with Crippen LogP contribution in [0.25, 0.3) is 0 Å². The lowest BCUT2D eigenvalue weighted by atomic mass is 9.78. The van der Waals surface area contributed by atoms with Gasteiger partial charge in [0.1, 0.15) is 11.4 Å². The van der Waals surface area contributed by atoms with Crippen LogP contribution in [0.5, 0.6) is 0 Å². The maximum Gasteiger partial charge on any atom is 0.291 e. The molecule has 156 valence electrons. The van der Waals surface area contributed by atoms with E-state index in [1.807, 2.05) is 0 Å². The van der Waals surface area contributed by atoms with Crippen LogP contribution in [0.2, 0.25) is 0 Å². The van der Waals surface area contributed by atoms with E-state index in [1.165, 1.54) is 12.1 Å². The molecule has 1 amide bonds. The summed E-state index contributed by atoms with van der Waals surface area (Å²) in [4.78, 5) is 37.7. The monoisotopic (exact) mass is 402 g/mol. The first-order chi connectivity index (χ1) is 13.9. The molecule has 6 nitrogen and oxygen atoms in total. The van der Waals surface area contributed by atoms with E-state index in [4.69, 9.17) is 4.74 Å². The number of hydrogen-bond acceptors (Lipinski definition) is 5. The van der Waals surface area contributed by atoms with Gasteiger partial charge in [0.05, 0.1) is 12.5 Å². The first-order valence-electron chi connectivity index (χ1n) is 10.5. The number of nitrogens with zero attached hydrogens (tertiary/aromatic N) is 2. The van der Waals surface area contributed by atoms with Gasteiger partial charge in [-0.2, -0.15) is 0 Å². The Hall–Kier alpha value is -1.99. The predicted octanol–water partition coefficient (Wildman–Crippen LogP) is 3.44. The normalized spacial score (nSPS) is 33.2. The number of ketones is 1. The van der Waals surface area contributed by atoms with Crippen LogP contribution in [-0.2, 0) is 14.3 Å². The van der Waals surface area contributed by atoms with Crippen LogP contribution in [0.1, 0.15) is 50.5 Å². The van der Waals surface area contributed by atoms with Gasteiger partial charge < -0.3 is 4.74 Å². The number of nitroso groups, excluding NO2 is 1. The van der Waals surface area contributed by atoms with Crippen molar-refractivity contribution < 1.29 is 18.7 Å². The highest BCUT2D eigenvalue weighted by Crippen LogP contribution is 2.48. The van der Waals surface area contributed by atoms with Crippen LogP contribution in [0.3, 0.4) is 0 Å². The second-order valence-corrected chi connectivity index (χ2v) is 8.70. The molecule has 2 saturated heterocycles. The molecule has 0 N–H and O–H groups in total. The molecule has 3 fully saturated rings. The van der Waals surface area contributed by atoms with Crippen molar-refractivity contribution in [2.45, 2.75) is 56.6 Å². The zero-order chi connectivity index (χ0) is 20.6. The van der Waals surface area contributed by atoms with Crippen LogP contribution in [0, 0.1) is 22.6 Å². The number of piperidine rings is 1. The first kappa shape index (κ1) is 20.3. The number of carbonyl (C=O) groups excluding carboxylic acids is 2. The third kappa shape index (κ3) is 3.90. The van der Waals surface area contributed by atoms with E-state index >= 15 is 0 Å². The summed E-state index contributed by atoms with van der Waals surface area (Å²) in [6, 6.07) is 6.25. The summed E-state index contributed by atoms with van der Waals surface area (Å²) in [7, 11) is 0. The van der Waals surface area contributed by atoms with Crippen molar-refractivity contribution in [1.82, 2.24) is 4.90 Å². The molecule has 1 aromatic carbocycles. The third-order valence-electron chi connectivity index (χ3n) is 7.08. The largest absolute Gasteiger partial charge is 0.365 e. The maximum atomic E-state index is 13.3. The first-order valence-corrected chi connectivity index (χ1v) is 10.5. The Morgan fingerprint density at radius 3 is 2.45 bits per heavy atom. The Labute approximate surface area is 169 Å². The van der Waals surface area contributed by atoms with Gasteiger partial charge in [0.15, 0.2) is 5.78 Å². The fraction of sp³-hybridized carbons (Fsp3) is 0.636. The van der Waals surface area contributed by atoms with Crippen molar-refractivity contribution in [3.8, 4) is 0 Å². The van der Waals surface area contributed by atoms with Gasteiger partial charge in [-0.3, -0.25) is 14.5 Å². The van der Waals surface area contributed by atoms with Crippen molar-refractivity contribution in [3.05, 3.63) is 40.6 Å². The van der Waals surface area contributed by atoms with Crippen molar-refractivity contribution in [1.29, 1.82) is 0 Å². The molecule has 4 rings (SSSR count). The smallest absolute Gasteiger partial charge is 0.291 e. The van der Waals surface area contributed by atoms with E-state index in [0.717, 1.165) is 31.4 Å². The third-order valence-corrected chi connectivity index (χ3v) is 7.08. The predicted molar refractivity (Wildman–Crippen MR) is 105 cm³/mol. The lowest BCUT2D eigenvalue weighted by Gasteiger charge is -2.46. The molecule has 1 aromatic rings. The molecule has 0 unspecified atom stereocenters. The van der Waals surface area contributed by atoms with E-state index in [0.29, 0.717) is 31.9 Å². The lowest BCUT2D eigenvalue weighted by Crippen LogP contribution is -2.55. The van der Waals surface area contributed by atoms with Gasteiger partial charge in [0.2, 0.25) is 0 Å². The van der Waals surface area contributed by atoms with Crippen LogP contribution in [0.15, 0.2) is 29.4 Å². The summed E-state index contributed by atoms with van der Waals surface area (Å²) in [5, 5.41) is 2.70. The molecule has 2 heterocycles. The second kappa shape index (κ2) is 8.03. The van der Waals surface area contributed by atoms with Gasteiger partial charge in [-0.25, -0.2) is 4.39 Å². The molecule has 0 spiro atoms. The number of halogens is 1. The molecule has 0 aromatic heterocycles. The Morgan fingerprint density at radius 2 is 1.90 bits per heavy atom. The molecule has 1 aliphatic carbocycles. The average Bonchev–Trinajstić information content (AvgIpc) is 3.59. The van der Waals surface area contributed by atoms with E-state index < -0.39 is 17.4 Å². The van der Waals surface area contributed by atoms with Crippen molar-refractivity contribution >= 4 is 11.7 Å². The SMILES string of the molecule is CC(=O)[C@@]1(C2CC2)CC[C@@H](N2CC[C@@H](c3ccc(F)cc3)[C@H](C(=O)N=O)C2)CO1. The minimum absolute atomic E-state index is 0.117. The van der Waals surface area contributed by atoms with Gasteiger partial charge in [0, 0.05) is 17.8 Å². The molecule has 3 aliphatic rings. The molecular weight excluding hydrogens is 375 g/mol. The average molecular weight is 402 g/mol. The lowest BCUT2D eigenvalue weighted by molar-refractivity contribution is -0.161. The summed E-state index contributed by atoms with van der Waals surface area (Å²) in [5.74, 6) is -1.22. The summed E-state index contributed by atoms with van der Waals surface area (Å²) in [6.45, 7) is 3.27. The summed E-state index contributed by atoms with van der Waals surface area (Å²) in [6.07, 6.45) is 4.34. The zero-order valence-electron chi connectivity index (χ0n) is 16.7. The van der Waals surface area contributed by atoms with Gasteiger partial charge in [-0.15, -0.1) is 4.91 Å². The Bertz CT molecular complexity index is 785. The van der Waals surface area contributed by atoms with Crippen LogP contribution in [0.4, 0.5) is 4.39 Å². The van der Waals surface area contributed by atoms with Gasteiger partial charge >= 0.3 is 0 Å². The molecule has 4 atom stereocenters. The number of amides is 1. The fourth-order valence-electron chi connectivity index (χ4n) is 5.24. The topological polar surface area (TPSA) is 76.0 Å². The van der Waals surface area contributed by atoms with E-state index in [2.05, 4.69) is 10.1 Å². The van der Waals surface area contributed by atoms with Gasteiger partial charge in [0.25, 0.3) is 5.91 Å². The molecular formula is C22H27FN2O4. The Kier molecular flexibility index (Phi) is 5.62. The summed E-state index contributed by atoms with van der Waals surface area (Å²) >= 11 is 0. The zero-order valence-corrected chi connectivity index (χ0v) is 16.7. The van der Waals surface area contributed by atoms with E-state index in [9.17, 15) is 18.9 Å². The number of carbonyl (C=O) groups is 2. The van der Waals surface area contributed by atoms with Crippen LogP contribution < -0.4 is 0 Å². The van der Waals surface area contributed by atoms with Crippen molar-refractivity contribution in [3.63, 3.8) is 0 Å². The van der Waals surface area contributed by atoms with Crippen LogP contribution in [-0.4, -0.2) is 47.9 Å². The second-order valence-electron chi connectivity index (χ2n) is 8.70. The molecule has 7 heteroatoms. The minimum atomic E-state index is -0.656. The molecule has 0 bridgehead atoms. The van der Waals surface area contributed by atoms with Crippen molar-refractivity contribution in [2.24, 2.45) is 17.0 Å². The quantitative estimate of drug-likeness (QED) is 0.705. The number of Topliss-reactive ketones (excluding diaryl/α,β-unsaturated/α-hetero) is 1. The molecule has 0 radical (unpaired) electrons. The van der Waals surface area contributed by atoms with Gasteiger partial charge in [-0.05, 0) is 75.1 Å². The van der Waals surface area contributed by atoms with Gasteiger partial charge in [-0.1, -0.05) is 12.1 Å². The number of benzene rings is 1. The standard InChI is InChI=1S/C22H27FN2O4/c1-14(26)22(16-4-5-16)10-8-18(13-29-22)25-11-9-19(20(12-25)21(27)24-28)15-2-6-17(23)7-3-15/h2-3,6-7,16,18-20H,4-5,8-13H2,1H3/t18-,19+,20-,22-/m1/s1. The number of hydrogen-bond donors (Lipinski definition) is 0. The molecule has 29 heavy (non-hydrogen) atoms. The van der Waals surface area contributed by atoms with E-state index in [1.54, 1.807) is 19.1 Å². The Balaban J connectivity index is 1.45. The number of likely N-dealkylation sites (tertiary alicyclic amines) is 1. The highest BCUT2D eigenvalue weighted by Gasteiger charge is 2.52. The summed E-state index contributed by atoms with van der Waals surface area (Å²) in [5.41, 5.74) is 0.236. The minimum Gasteiger partial charge on any atom is -0.365 e. The highest BCUT2D eigenvalue weighted by atomic mass is 19.1. The molecule has 1 saturated carbocycles. The number of ether oxygens (including phenoxy) is 1. The maximum absolute atomic E-state index is 13.3.